The van der Waals surface area contributed by atoms with Crippen molar-refractivity contribution < 1.29 is 14.3 Å². The highest BCUT2D eigenvalue weighted by molar-refractivity contribution is 8.13. The molecule has 138 valence electrons. The van der Waals surface area contributed by atoms with Crippen molar-refractivity contribution in [1.82, 2.24) is 4.98 Å². The first-order valence-corrected chi connectivity index (χ1v) is 9.73. The van der Waals surface area contributed by atoms with Crippen LogP contribution in [0.15, 0.2) is 34.6 Å². The molecule has 1 aliphatic heterocycles. The summed E-state index contributed by atoms with van der Waals surface area (Å²) >= 11 is 1.44. The molecule has 0 N–H and O–H groups in total. The molecular formula is C19H23N3O3S. The van der Waals surface area contributed by atoms with Gasteiger partial charge in [0.2, 0.25) is 5.88 Å². The van der Waals surface area contributed by atoms with E-state index in [1.807, 2.05) is 19.2 Å². The minimum Gasteiger partial charge on any atom is -0.481 e. The van der Waals surface area contributed by atoms with E-state index in [9.17, 15) is 4.79 Å². The number of pyridine rings is 1. The molecule has 2 unspecified atom stereocenters. The van der Waals surface area contributed by atoms with Crippen LogP contribution in [0.2, 0.25) is 0 Å². The van der Waals surface area contributed by atoms with Crippen molar-refractivity contribution in [3.63, 3.8) is 0 Å². The number of hydrogen-bond acceptors (Lipinski definition) is 6. The van der Waals surface area contributed by atoms with Gasteiger partial charge in [-0.25, -0.2) is 21.3 Å². The summed E-state index contributed by atoms with van der Waals surface area (Å²) < 4.78 is 10.7. The van der Waals surface area contributed by atoms with Crippen LogP contribution in [0.1, 0.15) is 38.2 Å². The highest BCUT2D eigenvalue weighted by atomic mass is 32.2. The number of allylic oxidation sites excluding steroid dienone is 1. The molecule has 0 fully saturated rings. The van der Waals surface area contributed by atoms with Gasteiger partial charge in [0.15, 0.2) is 5.04 Å². The number of rotatable bonds is 6. The van der Waals surface area contributed by atoms with Gasteiger partial charge in [-0.05, 0) is 25.7 Å². The van der Waals surface area contributed by atoms with E-state index in [1.54, 1.807) is 19.2 Å². The molecule has 6 nitrogen and oxygen atoms in total. The Labute approximate surface area is 158 Å². The molecule has 7 heteroatoms. The Morgan fingerprint density at radius 1 is 1.42 bits per heavy atom. The summed E-state index contributed by atoms with van der Waals surface area (Å²) in [6.45, 7) is 11.8. The van der Waals surface area contributed by atoms with Crippen LogP contribution in [0, 0.1) is 6.57 Å². The van der Waals surface area contributed by atoms with E-state index in [4.69, 9.17) is 16.0 Å². The Morgan fingerprint density at radius 2 is 2.19 bits per heavy atom. The second-order valence-corrected chi connectivity index (χ2v) is 6.47. The first-order valence-electron chi connectivity index (χ1n) is 8.50. The number of nitrogens with zero attached hydrogens (tertiary/aromatic N) is 3. The number of esters is 1. The monoisotopic (exact) mass is 373 g/mol. The van der Waals surface area contributed by atoms with Gasteiger partial charge in [-0.1, -0.05) is 19.4 Å². The zero-order valence-corrected chi connectivity index (χ0v) is 16.3. The Hall–Kier alpha value is -2.33. The third-order valence-corrected chi connectivity index (χ3v) is 4.85. The van der Waals surface area contributed by atoms with Crippen molar-refractivity contribution >= 4 is 22.8 Å². The summed E-state index contributed by atoms with van der Waals surface area (Å²) in [4.78, 5) is 25.5. The predicted octanol–water partition coefficient (Wildman–Crippen LogP) is 3.85. The van der Waals surface area contributed by atoms with Crippen LogP contribution in [0.25, 0.3) is 4.85 Å². The maximum absolute atomic E-state index is 12.8. The third kappa shape index (κ3) is 3.91. The lowest BCUT2D eigenvalue weighted by Gasteiger charge is -2.27. The molecule has 0 bridgehead atoms. The lowest BCUT2D eigenvalue weighted by molar-refractivity contribution is -0.139. The quantitative estimate of drug-likeness (QED) is 0.560. The maximum atomic E-state index is 12.8. The maximum Gasteiger partial charge on any atom is 0.336 e. The zero-order valence-electron chi connectivity index (χ0n) is 15.5. The van der Waals surface area contributed by atoms with Crippen LogP contribution in [0.4, 0.5) is 0 Å². The SMILES string of the molecule is [C-]#[N+]C1C(SC)=NC(CCC)=C(C(=O)OCC)C1c1cccnc1OC. The van der Waals surface area contributed by atoms with Crippen LogP contribution in [0.5, 0.6) is 5.88 Å². The van der Waals surface area contributed by atoms with Gasteiger partial charge in [-0.2, -0.15) is 0 Å². The highest BCUT2D eigenvalue weighted by Gasteiger charge is 2.45. The number of hydrogen-bond donors (Lipinski definition) is 0. The molecular weight excluding hydrogens is 350 g/mol. The summed E-state index contributed by atoms with van der Waals surface area (Å²) in [6.07, 6.45) is 5.00. The minimum absolute atomic E-state index is 0.264. The van der Waals surface area contributed by atoms with Crippen molar-refractivity contribution in [2.45, 2.75) is 38.6 Å². The topological polar surface area (TPSA) is 65.1 Å². The van der Waals surface area contributed by atoms with Gasteiger partial charge in [0, 0.05) is 11.8 Å². The molecule has 2 heterocycles. The molecule has 1 aromatic heterocycles. The predicted molar refractivity (Wildman–Crippen MR) is 103 cm³/mol. The summed E-state index contributed by atoms with van der Waals surface area (Å²) in [7, 11) is 1.53. The fourth-order valence-electron chi connectivity index (χ4n) is 3.05. The highest BCUT2D eigenvalue weighted by Crippen LogP contribution is 2.42. The molecule has 2 atom stereocenters. The molecule has 0 saturated heterocycles. The van der Waals surface area contributed by atoms with Crippen LogP contribution >= 0.6 is 11.8 Å². The van der Waals surface area contributed by atoms with Gasteiger partial charge in [-0.3, -0.25) is 0 Å². The lowest BCUT2D eigenvalue weighted by atomic mass is 9.82. The van der Waals surface area contributed by atoms with Crippen LogP contribution < -0.4 is 4.74 Å². The van der Waals surface area contributed by atoms with Crippen LogP contribution in [-0.2, 0) is 9.53 Å². The molecule has 2 rings (SSSR count). The van der Waals surface area contributed by atoms with Gasteiger partial charge < -0.3 is 14.3 Å². The number of ether oxygens (including phenoxy) is 2. The number of methoxy groups -OCH3 is 1. The minimum atomic E-state index is -0.608. The fourth-order valence-corrected chi connectivity index (χ4v) is 3.68. The number of aliphatic imine (C=N–C) groups is 1. The van der Waals surface area contributed by atoms with E-state index < -0.39 is 17.9 Å². The number of carbonyl (C=O) groups excluding carboxylic acids is 1. The molecule has 0 saturated carbocycles. The third-order valence-electron chi connectivity index (χ3n) is 4.10. The smallest absolute Gasteiger partial charge is 0.336 e. The van der Waals surface area contributed by atoms with E-state index in [0.717, 1.165) is 6.42 Å². The normalized spacial score (nSPS) is 19.6. The molecule has 0 amide bonds. The molecule has 1 aliphatic rings. The van der Waals surface area contributed by atoms with E-state index >= 15 is 0 Å². The van der Waals surface area contributed by atoms with Crippen LogP contribution in [-0.4, -0.2) is 42.0 Å². The van der Waals surface area contributed by atoms with Gasteiger partial charge >= 0.3 is 5.97 Å². The zero-order chi connectivity index (χ0) is 19.1. The molecule has 0 spiro atoms. The summed E-state index contributed by atoms with van der Waals surface area (Å²) in [6, 6.07) is 3.02. The Kier molecular flexibility index (Phi) is 7.22. The summed E-state index contributed by atoms with van der Waals surface area (Å²) in [5, 5.41) is 0.701. The van der Waals surface area contributed by atoms with E-state index in [1.165, 1.54) is 18.9 Å². The van der Waals surface area contributed by atoms with Crippen molar-refractivity contribution in [1.29, 1.82) is 0 Å². The molecule has 0 aliphatic carbocycles. The Balaban J connectivity index is 2.74. The van der Waals surface area contributed by atoms with Crippen molar-refractivity contribution in [2.75, 3.05) is 20.0 Å². The average molecular weight is 373 g/mol. The van der Waals surface area contributed by atoms with Gasteiger partial charge in [0.1, 0.15) is 5.92 Å². The second-order valence-electron chi connectivity index (χ2n) is 5.64. The number of aromatic nitrogens is 1. The molecule has 0 aromatic carbocycles. The lowest BCUT2D eigenvalue weighted by Crippen LogP contribution is -2.33. The van der Waals surface area contributed by atoms with Gasteiger partial charge in [0.05, 0.1) is 25.0 Å². The van der Waals surface area contributed by atoms with Crippen LogP contribution in [0.3, 0.4) is 0 Å². The standard InChI is InChI=1S/C19H23N3O3S/c1-6-9-13-15(19(23)25-7-2)14(16(20-3)18(22-13)26-5)12-10-8-11-21-17(12)24-4/h8,10-11,14,16H,6-7,9H2,1-2,4-5H3. The van der Waals surface area contributed by atoms with E-state index in [-0.39, 0.29) is 6.61 Å². The van der Waals surface area contributed by atoms with Gasteiger partial charge in [0.25, 0.3) is 6.04 Å². The first kappa shape index (κ1) is 20.0. The number of carbonyl (C=O) groups is 1. The average Bonchev–Trinajstić information content (AvgIpc) is 2.67. The number of thioether (sulfide) groups is 1. The second kappa shape index (κ2) is 9.39. The van der Waals surface area contributed by atoms with E-state index in [2.05, 4.69) is 14.8 Å². The summed E-state index contributed by atoms with van der Waals surface area (Å²) in [5.41, 5.74) is 1.83. The Bertz CT molecular complexity index is 768. The molecule has 0 radical (unpaired) electrons. The Morgan fingerprint density at radius 3 is 2.77 bits per heavy atom. The van der Waals surface area contributed by atoms with Crippen molar-refractivity contribution in [2.24, 2.45) is 4.99 Å². The summed E-state index contributed by atoms with van der Waals surface area (Å²) in [5.74, 6) is -0.535. The van der Waals surface area contributed by atoms with E-state index in [0.29, 0.717) is 34.2 Å². The first-order chi connectivity index (χ1) is 12.6. The largest absolute Gasteiger partial charge is 0.481 e. The van der Waals surface area contributed by atoms with Gasteiger partial charge in [-0.15, -0.1) is 11.8 Å². The fraction of sp³-hybridized carbons (Fsp3) is 0.474. The molecule has 1 aromatic rings. The van der Waals surface area contributed by atoms with Crippen molar-refractivity contribution in [3.8, 4) is 5.88 Å². The molecule has 26 heavy (non-hydrogen) atoms. The van der Waals surface area contributed by atoms with Crippen molar-refractivity contribution in [3.05, 3.63) is 46.6 Å².